The summed E-state index contributed by atoms with van der Waals surface area (Å²) in [5.41, 5.74) is 1.12. The van der Waals surface area contributed by atoms with Crippen LogP contribution in [-0.4, -0.2) is 17.5 Å². The summed E-state index contributed by atoms with van der Waals surface area (Å²) in [5.74, 6) is 3.12. The molecule has 30 heavy (non-hydrogen) atoms. The van der Waals surface area contributed by atoms with Crippen molar-refractivity contribution in [2.45, 2.75) is 52.1 Å². The van der Waals surface area contributed by atoms with Crippen molar-refractivity contribution < 1.29 is 8.83 Å². The zero-order valence-corrected chi connectivity index (χ0v) is 20.3. The van der Waals surface area contributed by atoms with Gasteiger partial charge < -0.3 is 19.5 Å². The third kappa shape index (κ3) is 7.19. The summed E-state index contributed by atoms with van der Waals surface area (Å²) >= 11 is 0. The Morgan fingerprint density at radius 1 is 1.13 bits per heavy atom. The number of aromatic nitrogens is 1. The third-order valence-corrected chi connectivity index (χ3v) is 4.56. The molecule has 0 spiro atoms. The Bertz CT molecular complexity index is 899. The van der Waals surface area contributed by atoms with Crippen LogP contribution in [0.3, 0.4) is 0 Å². The second-order valence-electron chi connectivity index (χ2n) is 8.07. The predicted molar refractivity (Wildman–Crippen MR) is 130 cm³/mol. The van der Waals surface area contributed by atoms with Gasteiger partial charge in [-0.1, -0.05) is 51.1 Å². The van der Waals surface area contributed by atoms with Gasteiger partial charge in [0.05, 0.1) is 18.5 Å². The highest BCUT2D eigenvalue weighted by atomic mass is 127. The van der Waals surface area contributed by atoms with Crippen molar-refractivity contribution in [3.05, 3.63) is 77.9 Å². The number of guanidine groups is 1. The van der Waals surface area contributed by atoms with E-state index in [1.165, 1.54) is 5.56 Å². The summed E-state index contributed by atoms with van der Waals surface area (Å²) in [6.45, 7) is 9.50. The molecule has 1 atom stereocenters. The average Bonchev–Trinajstić information content (AvgIpc) is 3.38. The van der Waals surface area contributed by atoms with Gasteiger partial charge in [0.25, 0.3) is 0 Å². The maximum atomic E-state index is 5.86. The Kier molecular flexibility index (Phi) is 8.95. The van der Waals surface area contributed by atoms with Crippen LogP contribution in [-0.2, 0) is 18.4 Å². The fourth-order valence-corrected chi connectivity index (χ4v) is 2.82. The lowest BCUT2D eigenvalue weighted by molar-refractivity contribution is 0.383. The number of hydrogen-bond donors (Lipinski definition) is 2. The molecule has 0 saturated heterocycles. The summed E-state index contributed by atoms with van der Waals surface area (Å²) < 4.78 is 11.3. The second-order valence-corrected chi connectivity index (χ2v) is 8.07. The Morgan fingerprint density at radius 3 is 2.53 bits per heavy atom. The summed E-state index contributed by atoms with van der Waals surface area (Å²) in [5, 5.41) is 6.83. The largest absolute Gasteiger partial charge is 0.469 e. The standard InChI is InChI=1S/C23H30N4O2.HI/c1-17(18-9-6-5-7-10-18)27-22(24-13-12-19-11-8-14-28-19)26-16-21-25-15-20(29-21)23(2,3)4;/h5-11,14-15,17H,12-13,16H2,1-4H3,(H2,24,26,27);1H. The van der Waals surface area contributed by atoms with Crippen molar-refractivity contribution >= 4 is 29.9 Å². The molecule has 1 aromatic carbocycles. The maximum absolute atomic E-state index is 5.86. The lowest BCUT2D eigenvalue weighted by Crippen LogP contribution is -2.39. The van der Waals surface area contributed by atoms with Crippen LogP contribution in [0.25, 0.3) is 0 Å². The number of hydrogen-bond acceptors (Lipinski definition) is 4. The fourth-order valence-electron chi connectivity index (χ4n) is 2.82. The van der Waals surface area contributed by atoms with E-state index in [2.05, 4.69) is 60.4 Å². The minimum atomic E-state index is -0.0703. The molecule has 0 fully saturated rings. The van der Waals surface area contributed by atoms with Crippen LogP contribution in [0.15, 0.2) is 68.8 Å². The minimum absolute atomic E-state index is 0. The molecule has 0 bridgehead atoms. The van der Waals surface area contributed by atoms with E-state index in [4.69, 9.17) is 8.83 Å². The topological polar surface area (TPSA) is 75.6 Å². The number of rotatable bonds is 7. The first kappa shape index (κ1) is 24.0. The van der Waals surface area contributed by atoms with Gasteiger partial charge >= 0.3 is 0 Å². The van der Waals surface area contributed by atoms with Gasteiger partial charge in [-0.2, -0.15) is 0 Å². The summed E-state index contributed by atoms with van der Waals surface area (Å²) in [6.07, 6.45) is 4.25. The smallest absolute Gasteiger partial charge is 0.216 e. The number of oxazole rings is 1. The van der Waals surface area contributed by atoms with E-state index in [1.54, 1.807) is 12.5 Å². The van der Waals surface area contributed by atoms with Gasteiger partial charge in [0.2, 0.25) is 5.89 Å². The van der Waals surface area contributed by atoms with Gasteiger partial charge in [0.1, 0.15) is 18.1 Å². The normalized spacial score (nSPS) is 12.9. The Hall–Kier alpha value is -2.29. The summed E-state index contributed by atoms with van der Waals surface area (Å²) in [4.78, 5) is 9.05. The SMILES string of the molecule is CC(NC(=NCc1ncc(C(C)(C)C)o1)NCCc1ccco1)c1ccccc1.I. The van der Waals surface area contributed by atoms with E-state index in [0.29, 0.717) is 24.9 Å². The van der Waals surface area contributed by atoms with E-state index in [1.807, 2.05) is 30.3 Å². The lowest BCUT2D eigenvalue weighted by atomic mass is 9.94. The molecule has 0 aliphatic rings. The number of nitrogens with zero attached hydrogens (tertiary/aromatic N) is 2. The number of benzene rings is 1. The van der Waals surface area contributed by atoms with Crippen molar-refractivity contribution in [2.24, 2.45) is 4.99 Å². The fraction of sp³-hybridized carbons (Fsp3) is 0.391. The molecule has 0 radical (unpaired) electrons. The van der Waals surface area contributed by atoms with Crippen molar-refractivity contribution in [1.82, 2.24) is 15.6 Å². The minimum Gasteiger partial charge on any atom is -0.469 e. The molecule has 0 amide bonds. The summed E-state index contributed by atoms with van der Waals surface area (Å²) in [7, 11) is 0. The van der Waals surface area contributed by atoms with Crippen LogP contribution in [0.5, 0.6) is 0 Å². The van der Waals surface area contributed by atoms with Gasteiger partial charge in [-0.3, -0.25) is 0 Å². The monoisotopic (exact) mass is 522 g/mol. The predicted octanol–water partition coefficient (Wildman–Crippen LogP) is 5.22. The molecule has 7 heteroatoms. The van der Waals surface area contributed by atoms with E-state index >= 15 is 0 Å². The van der Waals surface area contributed by atoms with Gasteiger partial charge in [0, 0.05) is 18.4 Å². The molecule has 0 aliphatic heterocycles. The molecular formula is C23H31IN4O2. The molecule has 3 rings (SSSR count). The third-order valence-electron chi connectivity index (χ3n) is 4.56. The molecule has 2 heterocycles. The van der Waals surface area contributed by atoms with Gasteiger partial charge in [-0.25, -0.2) is 9.98 Å². The van der Waals surface area contributed by atoms with Gasteiger partial charge in [0.15, 0.2) is 5.96 Å². The van der Waals surface area contributed by atoms with Crippen molar-refractivity contribution in [2.75, 3.05) is 6.54 Å². The number of furan rings is 1. The molecule has 1 unspecified atom stereocenters. The molecule has 3 aromatic rings. The van der Waals surface area contributed by atoms with Crippen LogP contribution in [0.1, 0.15) is 56.7 Å². The number of halogens is 1. The second kappa shape index (κ2) is 11.2. The zero-order valence-electron chi connectivity index (χ0n) is 18.0. The quantitative estimate of drug-likeness (QED) is 0.253. The highest BCUT2D eigenvalue weighted by Gasteiger charge is 2.19. The lowest BCUT2D eigenvalue weighted by Gasteiger charge is -2.18. The van der Waals surface area contributed by atoms with E-state index in [9.17, 15) is 0 Å². The molecule has 2 aromatic heterocycles. The van der Waals surface area contributed by atoms with Crippen LogP contribution in [0.4, 0.5) is 0 Å². The van der Waals surface area contributed by atoms with Crippen LogP contribution < -0.4 is 10.6 Å². The maximum Gasteiger partial charge on any atom is 0.216 e. The average molecular weight is 522 g/mol. The molecular weight excluding hydrogens is 491 g/mol. The first-order chi connectivity index (χ1) is 13.9. The van der Waals surface area contributed by atoms with Crippen molar-refractivity contribution in [3.63, 3.8) is 0 Å². The summed E-state index contributed by atoms with van der Waals surface area (Å²) in [6, 6.07) is 14.3. The first-order valence-corrected chi connectivity index (χ1v) is 9.99. The molecule has 162 valence electrons. The number of nitrogens with one attached hydrogen (secondary N) is 2. The van der Waals surface area contributed by atoms with E-state index in [-0.39, 0.29) is 35.4 Å². The van der Waals surface area contributed by atoms with Crippen molar-refractivity contribution in [3.8, 4) is 0 Å². The van der Waals surface area contributed by atoms with E-state index in [0.717, 1.165) is 17.9 Å². The zero-order chi connectivity index (χ0) is 20.7. The van der Waals surface area contributed by atoms with Crippen molar-refractivity contribution in [1.29, 1.82) is 0 Å². The van der Waals surface area contributed by atoms with Crippen LogP contribution in [0, 0.1) is 0 Å². The Morgan fingerprint density at radius 2 is 1.90 bits per heavy atom. The Labute approximate surface area is 195 Å². The molecule has 2 N–H and O–H groups in total. The first-order valence-electron chi connectivity index (χ1n) is 9.99. The number of aliphatic imine (C=N–C) groups is 1. The van der Waals surface area contributed by atoms with Gasteiger partial charge in [-0.05, 0) is 24.6 Å². The van der Waals surface area contributed by atoms with Gasteiger partial charge in [-0.15, -0.1) is 24.0 Å². The molecule has 0 saturated carbocycles. The van der Waals surface area contributed by atoms with Crippen LogP contribution in [0.2, 0.25) is 0 Å². The highest BCUT2D eigenvalue weighted by Crippen LogP contribution is 2.22. The van der Waals surface area contributed by atoms with E-state index < -0.39 is 0 Å². The molecule has 6 nitrogen and oxygen atoms in total. The molecule has 0 aliphatic carbocycles. The Balaban J connectivity index is 0.00000320. The highest BCUT2D eigenvalue weighted by molar-refractivity contribution is 14.0. The van der Waals surface area contributed by atoms with Crippen LogP contribution >= 0.6 is 24.0 Å².